The summed E-state index contributed by atoms with van der Waals surface area (Å²) in [4.78, 5) is 2.42. The Morgan fingerprint density at radius 1 is 1.19 bits per heavy atom. The summed E-state index contributed by atoms with van der Waals surface area (Å²) < 4.78 is 1.11. The maximum Gasteiger partial charge on any atom is 0.0640 e. The first-order valence-corrected chi connectivity index (χ1v) is 7.06. The Kier molecular flexibility index (Phi) is 2.67. The van der Waals surface area contributed by atoms with Crippen molar-refractivity contribution >= 4 is 33.2 Å². The average molecular weight is 301 g/mol. The smallest absolute Gasteiger partial charge is 0.0640 e. The van der Waals surface area contributed by atoms with Crippen molar-refractivity contribution in [3.05, 3.63) is 27.7 Å². The lowest BCUT2D eigenvalue weighted by atomic mass is 9.78. The molecule has 0 bridgehead atoms. The van der Waals surface area contributed by atoms with Crippen molar-refractivity contribution in [1.82, 2.24) is 0 Å². The zero-order valence-electron chi connectivity index (χ0n) is 9.18. The highest BCUT2D eigenvalue weighted by atomic mass is 79.9. The molecule has 1 nitrogen and oxygen atoms in total. The van der Waals surface area contributed by atoms with Crippen LogP contribution in [0.4, 0.5) is 5.69 Å². The first-order chi connectivity index (χ1) is 7.69. The Morgan fingerprint density at radius 3 is 2.56 bits per heavy atom. The van der Waals surface area contributed by atoms with Gasteiger partial charge in [0.1, 0.15) is 0 Å². The summed E-state index contributed by atoms with van der Waals surface area (Å²) in [6.45, 7) is 2.40. The minimum atomic E-state index is 0.631. The third-order valence-corrected chi connectivity index (χ3v) is 4.78. The Hall–Kier alpha value is -0.210. The molecular weight excluding hydrogens is 286 g/mol. The van der Waals surface area contributed by atoms with E-state index in [4.69, 9.17) is 11.6 Å². The van der Waals surface area contributed by atoms with Crippen molar-refractivity contribution in [1.29, 1.82) is 0 Å². The maximum absolute atomic E-state index is 6.24. The van der Waals surface area contributed by atoms with E-state index in [0.29, 0.717) is 5.41 Å². The third-order valence-electron chi connectivity index (χ3n) is 3.97. The SMILES string of the molecule is Clc1ccc(Br)cc1N1CC2(CCCC2)C1. The van der Waals surface area contributed by atoms with E-state index in [1.165, 1.54) is 44.5 Å². The molecule has 86 valence electrons. The van der Waals surface area contributed by atoms with Crippen LogP contribution in [-0.2, 0) is 0 Å². The van der Waals surface area contributed by atoms with Crippen LogP contribution in [0.3, 0.4) is 0 Å². The van der Waals surface area contributed by atoms with Crippen LogP contribution in [0.25, 0.3) is 0 Å². The van der Waals surface area contributed by atoms with Crippen LogP contribution in [0.5, 0.6) is 0 Å². The maximum atomic E-state index is 6.24. The van der Waals surface area contributed by atoms with Gasteiger partial charge in [0, 0.05) is 23.0 Å². The van der Waals surface area contributed by atoms with Gasteiger partial charge in [0.25, 0.3) is 0 Å². The Morgan fingerprint density at radius 2 is 1.88 bits per heavy atom. The molecule has 1 heterocycles. The summed E-state index contributed by atoms with van der Waals surface area (Å²) in [5, 5.41) is 0.871. The molecule has 0 radical (unpaired) electrons. The average Bonchev–Trinajstić information content (AvgIpc) is 2.68. The molecule has 0 unspecified atom stereocenters. The predicted octanol–water partition coefficient (Wildman–Crippen LogP) is 4.48. The van der Waals surface area contributed by atoms with Gasteiger partial charge in [0.2, 0.25) is 0 Å². The van der Waals surface area contributed by atoms with E-state index >= 15 is 0 Å². The molecule has 1 saturated carbocycles. The number of hydrogen-bond donors (Lipinski definition) is 0. The van der Waals surface area contributed by atoms with Crippen LogP contribution < -0.4 is 4.90 Å². The van der Waals surface area contributed by atoms with Gasteiger partial charge in [-0.3, -0.25) is 0 Å². The van der Waals surface area contributed by atoms with Crippen molar-refractivity contribution in [2.24, 2.45) is 5.41 Å². The van der Waals surface area contributed by atoms with Crippen LogP contribution in [0.2, 0.25) is 5.02 Å². The topological polar surface area (TPSA) is 3.24 Å². The van der Waals surface area contributed by atoms with Crippen LogP contribution in [0, 0.1) is 5.41 Å². The molecule has 1 aliphatic carbocycles. The summed E-state index contributed by atoms with van der Waals surface area (Å²) >= 11 is 9.74. The Balaban J connectivity index is 1.78. The highest BCUT2D eigenvalue weighted by Gasteiger charge is 2.45. The fraction of sp³-hybridized carbons (Fsp3) is 0.538. The van der Waals surface area contributed by atoms with Crippen molar-refractivity contribution in [2.45, 2.75) is 25.7 Å². The summed E-state index contributed by atoms with van der Waals surface area (Å²) in [6, 6.07) is 6.10. The number of benzene rings is 1. The lowest BCUT2D eigenvalue weighted by Gasteiger charge is -2.50. The second kappa shape index (κ2) is 3.92. The molecule has 16 heavy (non-hydrogen) atoms. The van der Waals surface area contributed by atoms with Gasteiger partial charge in [-0.15, -0.1) is 0 Å². The van der Waals surface area contributed by atoms with E-state index in [1.807, 2.05) is 12.1 Å². The van der Waals surface area contributed by atoms with E-state index < -0.39 is 0 Å². The lowest BCUT2D eigenvalue weighted by Crippen LogP contribution is -2.55. The van der Waals surface area contributed by atoms with Crippen LogP contribution >= 0.6 is 27.5 Å². The molecule has 1 aromatic carbocycles. The van der Waals surface area contributed by atoms with Crippen molar-refractivity contribution < 1.29 is 0 Å². The van der Waals surface area contributed by atoms with Crippen LogP contribution in [-0.4, -0.2) is 13.1 Å². The highest BCUT2D eigenvalue weighted by Crippen LogP contribution is 2.48. The molecule has 1 spiro atoms. The number of rotatable bonds is 1. The molecule has 0 aromatic heterocycles. The van der Waals surface area contributed by atoms with E-state index in [2.05, 4.69) is 26.9 Å². The van der Waals surface area contributed by atoms with Gasteiger partial charge in [-0.05, 0) is 31.0 Å². The Bertz CT molecular complexity index is 404. The van der Waals surface area contributed by atoms with Gasteiger partial charge < -0.3 is 4.90 Å². The fourth-order valence-electron chi connectivity index (χ4n) is 3.10. The van der Waals surface area contributed by atoms with Gasteiger partial charge in [-0.25, -0.2) is 0 Å². The van der Waals surface area contributed by atoms with E-state index in [1.54, 1.807) is 0 Å². The quantitative estimate of drug-likeness (QED) is 0.739. The number of nitrogens with zero attached hydrogens (tertiary/aromatic N) is 1. The van der Waals surface area contributed by atoms with Crippen LogP contribution in [0.1, 0.15) is 25.7 Å². The first-order valence-electron chi connectivity index (χ1n) is 5.89. The Labute approximate surface area is 110 Å². The van der Waals surface area contributed by atoms with E-state index in [0.717, 1.165) is 9.50 Å². The van der Waals surface area contributed by atoms with Crippen molar-refractivity contribution in [3.63, 3.8) is 0 Å². The zero-order valence-corrected chi connectivity index (χ0v) is 11.5. The summed E-state index contributed by atoms with van der Waals surface area (Å²) in [7, 11) is 0. The molecule has 2 fully saturated rings. The third kappa shape index (κ3) is 1.76. The molecule has 0 N–H and O–H groups in total. The van der Waals surface area contributed by atoms with Crippen molar-refractivity contribution in [2.75, 3.05) is 18.0 Å². The lowest BCUT2D eigenvalue weighted by molar-refractivity contribution is 0.222. The number of anilines is 1. The molecule has 1 aliphatic heterocycles. The van der Waals surface area contributed by atoms with Crippen LogP contribution in [0.15, 0.2) is 22.7 Å². The molecule has 2 aliphatic rings. The molecule has 1 aromatic rings. The van der Waals surface area contributed by atoms with Gasteiger partial charge in [-0.1, -0.05) is 40.4 Å². The molecule has 1 saturated heterocycles. The second-order valence-corrected chi connectivity index (χ2v) is 6.48. The molecule has 0 atom stereocenters. The van der Waals surface area contributed by atoms with Crippen molar-refractivity contribution in [3.8, 4) is 0 Å². The highest BCUT2D eigenvalue weighted by molar-refractivity contribution is 9.10. The number of halogens is 2. The standard InChI is InChI=1S/C13H15BrClN/c14-10-3-4-11(15)12(7-10)16-8-13(9-16)5-1-2-6-13/h3-4,7H,1-2,5-6,8-9H2. The fourth-order valence-corrected chi connectivity index (χ4v) is 3.69. The van der Waals surface area contributed by atoms with E-state index in [9.17, 15) is 0 Å². The van der Waals surface area contributed by atoms with Gasteiger partial charge in [0.05, 0.1) is 10.7 Å². The number of hydrogen-bond acceptors (Lipinski definition) is 1. The molecular formula is C13H15BrClN. The summed E-state index contributed by atoms with van der Waals surface area (Å²) in [5.74, 6) is 0. The summed E-state index contributed by atoms with van der Waals surface area (Å²) in [6.07, 6.45) is 5.66. The molecule has 0 amide bonds. The predicted molar refractivity (Wildman–Crippen MR) is 72.3 cm³/mol. The molecule has 3 rings (SSSR count). The first kappa shape index (κ1) is 10.9. The summed E-state index contributed by atoms with van der Waals surface area (Å²) in [5.41, 5.74) is 1.82. The normalized spacial score (nSPS) is 22.5. The zero-order chi connectivity index (χ0) is 11.2. The van der Waals surface area contributed by atoms with Gasteiger partial charge in [0.15, 0.2) is 0 Å². The largest absolute Gasteiger partial charge is 0.369 e. The van der Waals surface area contributed by atoms with E-state index in [-0.39, 0.29) is 0 Å². The van der Waals surface area contributed by atoms with Gasteiger partial charge >= 0.3 is 0 Å². The second-order valence-electron chi connectivity index (χ2n) is 5.16. The minimum absolute atomic E-state index is 0.631. The molecule has 3 heteroatoms. The monoisotopic (exact) mass is 299 g/mol. The minimum Gasteiger partial charge on any atom is -0.369 e. The van der Waals surface area contributed by atoms with Gasteiger partial charge in [-0.2, -0.15) is 0 Å².